The van der Waals surface area contributed by atoms with Gasteiger partial charge in [-0.3, -0.25) is 33.6 Å². The van der Waals surface area contributed by atoms with Gasteiger partial charge in [0, 0.05) is 44.9 Å². The molecule has 0 radical (unpaired) electrons. The molecule has 0 aliphatic carbocycles. The first-order chi connectivity index (χ1) is 55.8. The molecule has 0 aromatic rings. The van der Waals surface area contributed by atoms with Gasteiger partial charge in [0.1, 0.15) is 31.5 Å². The standard InChI is InChI=1S/C96H176O18/c1-8-15-22-29-36-43-50-57-64-71-82(97)105-78-80-90(91(110-85(100)74-67-60-53-46-39-32-25-18-11-4)93(95(104)107-80)112-87(102)76-69-62-55-48-41-34-27-20-13-6)114-96-94(113-88(103)77-70-63-56-49-42-35-28-21-14-7)92(111-86(101)75-68-61-54-47-40-33-26-19-12-5)89(109-84(99)73-66-59-52-45-38-31-24-17-10-3)81(108-96)79-106-83(98)72-65-58-51-44-37-30-23-16-9-2/h80-81,89-96,104H,8-79H2,1-7H3/t80-,81-,89-,90-,91+,92+,93-,94-,95-,96-/m1/s1. The Labute approximate surface area is 696 Å². The Morgan fingerprint density at radius 3 is 0.640 bits per heavy atom. The first-order valence-corrected chi connectivity index (χ1v) is 48.7. The molecule has 2 rings (SSSR count). The van der Waals surface area contributed by atoms with Crippen LogP contribution in [0.1, 0.15) is 498 Å². The van der Waals surface area contributed by atoms with Crippen LogP contribution in [0.4, 0.5) is 0 Å². The molecule has 1 N–H and O–H groups in total. The number of aliphatic hydroxyl groups excluding tert-OH is 1. The molecule has 668 valence electrons. The Balaban J connectivity index is 2.98. The first-order valence-electron chi connectivity index (χ1n) is 48.7. The van der Waals surface area contributed by atoms with E-state index in [0.29, 0.717) is 44.9 Å². The molecule has 0 spiro atoms. The van der Waals surface area contributed by atoms with Crippen molar-refractivity contribution in [3.63, 3.8) is 0 Å². The SMILES string of the molecule is CCCCCCCCCCCC(=O)OC[C@H]1O[C@@H](O)[C@H](OC(=O)CCCCCCCCCCC)[C@@H](OC(=O)CCCCCCCCCCC)[C@@H]1O[C@H]1O[C@H](COC(=O)CCCCCCCCCCC)[C@@H](OC(=O)CCCCCCCCCCC)[C@H](OC(=O)CCCCCCCCCCC)[C@H]1OC(=O)CCCCCCCCCCC. The van der Waals surface area contributed by atoms with Crippen LogP contribution in [-0.4, -0.2) is 122 Å². The summed E-state index contributed by atoms with van der Waals surface area (Å²) in [6, 6.07) is 0. The van der Waals surface area contributed by atoms with Crippen LogP contribution in [-0.2, 0) is 80.9 Å². The summed E-state index contributed by atoms with van der Waals surface area (Å²) < 4.78 is 65.5. The fourth-order valence-electron chi connectivity index (χ4n) is 15.7. The van der Waals surface area contributed by atoms with Crippen molar-refractivity contribution in [2.75, 3.05) is 13.2 Å². The number of hydrogen-bond donors (Lipinski definition) is 1. The Morgan fingerprint density at radius 1 is 0.211 bits per heavy atom. The lowest BCUT2D eigenvalue weighted by atomic mass is 9.95. The van der Waals surface area contributed by atoms with Gasteiger partial charge in [-0.2, -0.15) is 0 Å². The van der Waals surface area contributed by atoms with Crippen molar-refractivity contribution in [3.8, 4) is 0 Å². The number of carbonyl (C=O) groups excluding carboxylic acids is 7. The number of aliphatic hydroxyl groups is 1. The number of esters is 7. The quantitative estimate of drug-likeness (QED) is 0.0339. The number of carbonyl (C=O) groups is 7. The van der Waals surface area contributed by atoms with E-state index in [4.69, 9.17) is 47.4 Å². The highest BCUT2D eigenvalue weighted by atomic mass is 16.8. The van der Waals surface area contributed by atoms with Gasteiger partial charge in [0.25, 0.3) is 0 Å². The van der Waals surface area contributed by atoms with E-state index in [-0.39, 0.29) is 44.9 Å². The van der Waals surface area contributed by atoms with E-state index in [0.717, 1.165) is 225 Å². The molecule has 10 atom stereocenters. The second-order valence-corrected chi connectivity index (χ2v) is 33.9. The second kappa shape index (κ2) is 76.5. The molecule has 2 fully saturated rings. The third-order valence-electron chi connectivity index (χ3n) is 23.0. The van der Waals surface area contributed by atoms with Crippen molar-refractivity contribution >= 4 is 41.8 Å². The van der Waals surface area contributed by atoms with Crippen molar-refractivity contribution in [2.45, 2.75) is 559 Å². The summed E-state index contributed by atoms with van der Waals surface area (Å²) in [6.45, 7) is 14.4. The summed E-state index contributed by atoms with van der Waals surface area (Å²) in [5.74, 6) is -4.31. The van der Waals surface area contributed by atoms with E-state index < -0.39 is 116 Å². The van der Waals surface area contributed by atoms with Gasteiger partial charge in [0.2, 0.25) is 0 Å². The zero-order valence-electron chi connectivity index (χ0n) is 74.6. The lowest BCUT2D eigenvalue weighted by Crippen LogP contribution is -2.67. The largest absolute Gasteiger partial charge is 0.463 e. The summed E-state index contributed by atoms with van der Waals surface area (Å²) in [5, 5.41) is 12.3. The van der Waals surface area contributed by atoms with Crippen LogP contribution < -0.4 is 0 Å². The van der Waals surface area contributed by atoms with Crippen LogP contribution in [0.25, 0.3) is 0 Å². The van der Waals surface area contributed by atoms with Crippen LogP contribution in [0.5, 0.6) is 0 Å². The highest BCUT2D eigenvalue weighted by Crippen LogP contribution is 2.37. The highest BCUT2D eigenvalue weighted by molar-refractivity contribution is 5.73. The molecule has 2 aliphatic heterocycles. The Hall–Kier alpha value is -3.87. The fourth-order valence-corrected chi connectivity index (χ4v) is 15.7. The van der Waals surface area contributed by atoms with Crippen LogP contribution >= 0.6 is 0 Å². The molecular weight excluding hydrogens is 1440 g/mol. The summed E-state index contributed by atoms with van der Waals surface area (Å²) >= 11 is 0. The zero-order chi connectivity index (χ0) is 82.8. The van der Waals surface area contributed by atoms with Gasteiger partial charge in [-0.05, 0) is 44.9 Å². The summed E-state index contributed by atoms with van der Waals surface area (Å²) in [7, 11) is 0. The highest BCUT2D eigenvalue weighted by Gasteiger charge is 2.58. The molecule has 2 heterocycles. The number of hydrogen-bond acceptors (Lipinski definition) is 18. The van der Waals surface area contributed by atoms with Crippen molar-refractivity contribution in [2.24, 2.45) is 0 Å². The maximum atomic E-state index is 14.9. The number of rotatable bonds is 81. The molecule has 0 aromatic heterocycles. The minimum absolute atomic E-state index is 0.00282. The first kappa shape index (κ1) is 106. The van der Waals surface area contributed by atoms with Crippen LogP contribution in [0.15, 0.2) is 0 Å². The summed E-state index contributed by atoms with van der Waals surface area (Å²) in [5.41, 5.74) is 0. The fraction of sp³-hybridized carbons (Fsp3) is 0.927. The average Bonchev–Trinajstić information content (AvgIpc) is 0.766. The Kier molecular flexibility index (Phi) is 71.3. The molecule has 0 aromatic carbocycles. The molecule has 0 amide bonds. The maximum absolute atomic E-state index is 14.9. The average molecular weight is 1620 g/mol. The summed E-state index contributed by atoms with van der Waals surface area (Å²) in [6.07, 6.45) is 47.6. The molecule has 2 aliphatic rings. The smallest absolute Gasteiger partial charge is 0.306 e. The van der Waals surface area contributed by atoms with Gasteiger partial charge in [0.05, 0.1) is 0 Å². The van der Waals surface area contributed by atoms with Crippen molar-refractivity contribution < 1.29 is 86.0 Å². The normalized spacial score (nSPS) is 19.5. The van der Waals surface area contributed by atoms with Crippen LogP contribution in [0, 0.1) is 0 Å². The lowest BCUT2D eigenvalue weighted by molar-refractivity contribution is -0.357. The van der Waals surface area contributed by atoms with E-state index in [9.17, 15) is 38.7 Å². The lowest BCUT2D eigenvalue weighted by Gasteiger charge is -2.48. The second-order valence-electron chi connectivity index (χ2n) is 33.9. The van der Waals surface area contributed by atoms with Crippen LogP contribution in [0.3, 0.4) is 0 Å². The van der Waals surface area contributed by atoms with E-state index >= 15 is 0 Å². The van der Waals surface area contributed by atoms with Gasteiger partial charge in [-0.15, -0.1) is 0 Å². The molecule has 0 bridgehead atoms. The third kappa shape index (κ3) is 57.3. The van der Waals surface area contributed by atoms with Gasteiger partial charge < -0.3 is 52.5 Å². The topological polar surface area (TPSA) is 232 Å². The van der Waals surface area contributed by atoms with E-state index in [2.05, 4.69) is 48.5 Å². The van der Waals surface area contributed by atoms with E-state index in [1.165, 1.54) is 135 Å². The predicted molar refractivity (Wildman–Crippen MR) is 459 cm³/mol. The number of ether oxygens (including phenoxy) is 10. The molecule has 0 saturated carbocycles. The molecule has 18 nitrogen and oxygen atoms in total. The molecule has 2 saturated heterocycles. The maximum Gasteiger partial charge on any atom is 0.306 e. The van der Waals surface area contributed by atoms with E-state index in [1.54, 1.807) is 0 Å². The van der Waals surface area contributed by atoms with Crippen molar-refractivity contribution in [1.82, 2.24) is 0 Å². The molecule has 0 unspecified atom stereocenters. The van der Waals surface area contributed by atoms with Gasteiger partial charge >= 0.3 is 41.8 Å². The minimum atomic E-state index is -1.93. The zero-order valence-corrected chi connectivity index (χ0v) is 74.6. The number of unbranched alkanes of at least 4 members (excludes halogenated alkanes) is 56. The van der Waals surface area contributed by atoms with Gasteiger partial charge in [0.15, 0.2) is 43.1 Å². The predicted octanol–water partition coefficient (Wildman–Crippen LogP) is 25.9. The van der Waals surface area contributed by atoms with Crippen molar-refractivity contribution in [3.05, 3.63) is 0 Å². The van der Waals surface area contributed by atoms with E-state index in [1.807, 2.05) is 0 Å². The third-order valence-corrected chi connectivity index (χ3v) is 23.0. The molecule has 18 heteroatoms. The monoisotopic (exact) mass is 1620 g/mol. The van der Waals surface area contributed by atoms with Crippen molar-refractivity contribution in [1.29, 1.82) is 0 Å². The Bertz CT molecular complexity index is 2280. The molecule has 114 heavy (non-hydrogen) atoms. The summed E-state index contributed by atoms with van der Waals surface area (Å²) in [4.78, 5) is 101. The molecular formula is C96H176O18. The van der Waals surface area contributed by atoms with Crippen LogP contribution in [0.2, 0.25) is 0 Å². The van der Waals surface area contributed by atoms with Gasteiger partial charge in [-0.1, -0.05) is 408 Å². The Morgan fingerprint density at radius 2 is 0.395 bits per heavy atom. The van der Waals surface area contributed by atoms with Gasteiger partial charge in [-0.25, -0.2) is 0 Å². The minimum Gasteiger partial charge on any atom is -0.463 e.